The summed E-state index contributed by atoms with van der Waals surface area (Å²) in [4.78, 5) is 29.4. The van der Waals surface area contributed by atoms with Crippen LogP contribution in [0.5, 0.6) is 0 Å². The maximum atomic E-state index is 13.4. The zero-order valence-corrected chi connectivity index (χ0v) is 17.9. The Labute approximate surface area is 184 Å². The van der Waals surface area contributed by atoms with Gasteiger partial charge in [0.2, 0.25) is 11.8 Å². The Hall–Kier alpha value is -3.14. The number of nitrogens with two attached hydrogens (primary N) is 2. The first kappa shape index (κ1) is 25.1. The molecule has 0 saturated heterocycles. The molecule has 1 aromatic carbocycles. The second-order valence-electron chi connectivity index (χ2n) is 7.64. The number of halogens is 3. The van der Waals surface area contributed by atoms with Gasteiger partial charge in [-0.05, 0) is 29.2 Å². The summed E-state index contributed by atoms with van der Waals surface area (Å²) in [6.07, 6.45) is -2.83. The molecule has 2 rings (SSSR count). The van der Waals surface area contributed by atoms with Gasteiger partial charge in [0.15, 0.2) is 0 Å². The fourth-order valence-electron chi connectivity index (χ4n) is 3.04. The summed E-state index contributed by atoms with van der Waals surface area (Å²) in [6.45, 7) is 3.71. The van der Waals surface area contributed by atoms with Crippen LogP contribution >= 0.6 is 0 Å². The lowest BCUT2D eigenvalue weighted by Gasteiger charge is -2.24. The van der Waals surface area contributed by atoms with Crippen molar-refractivity contribution in [2.75, 3.05) is 5.73 Å². The fourth-order valence-corrected chi connectivity index (χ4v) is 3.04. The van der Waals surface area contributed by atoms with Gasteiger partial charge in [-0.15, -0.1) is 0 Å². The van der Waals surface area contributed by atoms with E-state index in [1.807, 2.05) is 6.92 Å². The van der Waals surface area contributed by atoms with Gasteiger partial charge in [0.1, 0.15) is 11.9 Å². The number of rotatable bonds is 9. The minimum atomic E-state index is -4.59. The predicted octanol–water partition coefficient (Wildman–Crippen LogP) is 2.40. The summed E-state index contributed by atoms with van der Waals surface area (Å²) < 4.78 is 40.3. The molecule has 7 nitrogen and oxygen atoms in total. The number of pyridine rings is 1. The Morgan fingerprint density at radius 1 is 1.12 bits per heavy atom. The summed E-state index contributed by atoms with van der Waals surface area (Å²) in [5.41, 5.74) is 11.2. The summed E-state index contributed by atoms with van der Waals surface area (Å²) in [7, 11) is 0. The van der Waals surface area contributed by atoms with Crippen molar-refractivity contribution in [3.8, 4) is 0 Å². The largest absolute Gasteiger partial charge is 0.416 e. The van der Waals surface area contributed by atoms with E-state index < -0.39 is 35.6 Å². The molecule has 0 aliphatic rings. The second kappa shape index (κ2) is 10.9. The molecule has 1 aromatic heterocycles. The maximum absolute atomic E-state index is 13.4. The molecule has 0 radical (unpaired) electrons. The smallest absolute Gasteiger partial charge is 0.384 e. The van der Waals surface area contributed by atoms with E-state index in [1.54, 1.807) is 19.1 Å². The van der Waals surface area contributed by atoms with Crippen LogP contribution < -0.4 is 22.1 Å². The molecule has 0 fully saturated rings. The molecule has 1 unspecified atom stereocenters. The van der Waals surface area contributed by atoms with E-state index >= 15 is 0 Å². The van der Waals surface area contributed by atoms with E-state index in [-0.39, 0.29) is 24.4 Å². The van der Waals surface area contributed by atoms with Gasteiger partial charge >= 0.3 is 6.18 Å². The Bertz CT molecular complexity index is 919. The van der Waals surface area contributed by atoms with Crippen LogP contribution in [0.4, 0.5) is 19.0 Å². The molecule has 3 atom stereocenters. The van der Waals surface area contributed by atoms with Crippen LogP contribution in [0.25, 0.3) is 0 Å². The van der Waals surface area contributed by atoms with Gasteiger partial charge < -0.3 is 22.1 Å². The number of hydrogen-bond acceptors (Lipinski definition) is 5. The van der Waals surface area contributed by atoms with Crippen LogP contribution in [0.2, 0.25) is 0 Å². The number of benzene rings is 1. The van der Waals surface area contributed by atoms with Crippen molar-refractivity contribution in [1.29, 1.82) is 0 Å². The minimum Gasteiger partial charge on any atom is -0.384 e. The highest BCUT2D eigenvalue weighted by Gasteiger charge is 2.35. The molecule has 0 spiro atoms. The zero-order chi connectivity index (χ0) is 23.9. The van der Waals surface area contributed by atoms with E-state index in [1.165, 1.54) is 24.4 Å². The molecule has 10 heteroatoms. The van der Waals surface area contributed by atoms with E-state index in [0.717, 1.165) is 6.07 Å². The van der Waals surface area contributed by atoms with E-state index in [9.17, 15) is 22.8 Å². The van der Waals surface area contributed by atoms with Gasteiger partial charge in [0.25, 0.3) is 0 Å². The number of nitrogens with zero attached hydrogens (tertiary/aromatic N) is 1. The first-order chi connectivity index (χ1) is 15.0. The molecular formula is C22H28F3N5O2. The molecule has 0 aliphatic carbocycles. The molecule has 2 amide bonds. The van der Waals surface area contributed by atoms with E-state index in [4.69, 9.17) is 11.5 Å². The fraction of sp³-hybridized carbons (Fsp3) is 0.409. The lowest BCUT2D eigenvalue weighted by atomic mass is 9.96. The zero-order valence-electron chi connectivity index (χ0n) is 17.9. The van der Waals surface area contributed by atoms with Crippen LogP contribution in [-0.2, 0) is 28.7 Å². The van der Waals surface area contributed by atoms with Gasteiger partial charge in [-0.25, -0.2) is 4.98 Å². The highest BCUT2D eigenvalue weighted by atomic mass is 19.4. The third kappa shape index (κ3) is 6.94. The Balaban J connectivity index is 2.23. The topological polar surface area (TPSA) is 123 Å². The molecule has 32 heavy (non-hydrogen) atoms. The van der Waals surface area contributed by atoms with Crippen LogP contribution in [-0.4, -0.2) is 28.9 Å². The highest BCUT2D eigenvalue weighted by Crippen LogP contribution is 2.32. The van der Waals surface area contributed by atoms with Crippen molar-refractivity contribution in [2.24, 2.45) is 11.7 Å². The van der Waals surface area contributed by atoms with Crippen molar-refractivity contribution < 1.29 is 22.8 Å². The van der Waals surface area contributed by atoms with Crippen molar-refractivity contribution in [3.63, 3.8) is 0 Å². The third-order valence-electron chi connectivity index (χ3n) is 5.25. The monoisotopic (exact) mass is 451 g/mol. The van der Waals surface area contributed by atoms with Gasteiger partial charge in [-0.1, -0.05) is 44.5 Å². The molecule has 1 heterocycles. The summed E-state index contributed by atoms with van der Waals surface area (Å²) in [5.74, 6) is -1.09. The first-order valence-corrected chi connectivity index (χ1v) is 10.2. The van der Waals surface area contributed by atoms with Crippen LogP contribution in [0.1, 0.15) is 37.0 Å². The maximum Gasteiger partial charge on any atom is 0.416 e. The quantitative estimate of drug-likeness (QED) is 0.466. The number of amides is 2. The number of nitrogens with one attached hydrogen (secondary N) is 2. The molecular weight excluding hydrogens is 423 g/mol. The molecule has 0 saturated carbocycles. The standard InChI is InChI=1S/C22H28F3N5O2/c1-3-13(2)19(27)21(32)30-17(10-15-6-4-5-7-16(15)22(23,24)25)20(31)29-12-14-8-9-18(26)28-11-14/h4-9,11,13,17,19H,3,10,12,27H2,1-2H3,(H2,26,28)(H,29,31)(H,30,32)/t13?,17-,19+/m0/s1. The summed E-state index contributed by atoms with van der Waals surface area (Å²) >= 11 is 0. The normalized spacial score (nSPS) is 14.3. The van der Waals surface area contributed by atoms with Gasteiger partial charge in [0.05, 0.1) is 11.6 Å². The molecule has 6 N–H and O–H groups in total. The Morgan fingerprint density at radius 2 is 1.81 bits per heavy atom. The number of carbonyl (C=O) groups is 2. The SMILES string of the molecule is CCC(C)[C@@H](N)C(=O)N[C@@H](Cc1ccccc1C(F)(F)F)C(=O)NCc1ccc(N)nc1. The lowest BCUT2D eigenvalue weighted by molar-refractivity contribution is -0.138. The number of alkyl halides is 3. The second-order valence-corrected chi connectivity index (χ2v) is 7.64. The average Bonchev–Trinajstić information content (AvgIpc) is 2.76. The van der Waals surface area contributed by atoms with Crippen LogP contribution in [0.15, 0.2) is 42.6 Å². The average molecular weight is 451 g/mol. The minimum absolute atomic E-state index is 0.0663. The molecule has 174 valence electrons. The van der Waals surface area contributed by atoms with Crippen molar-refractivity contribution in [1.82, 2.24) is 15.6 Å². The van der Waals surface area contributed by atoms with Gasteiger partial charge in [0, 0.05) is 19.2 Å². The number of anilines is 1. The first-order valence-electron chi connectivity index (χ1n) is 10.2. The van der Waals surface area contributed by atoms with Crippen molar-refractivity contribution in [3.05, 3.63) is 59.3 Å². The Kier molecular flexibility index (Phi) is 8.59. The molecule has 2 aromatic rings. The van der Waals surface area contributed by atoms with Crippen molar-refractivity contribution in [2.45, 2.75) is 51.5 Å². The van der Waals surface area contributed by atoms with Crippen LogP contribution in [0, 0.1) is 5.92 Å². The number of aromatic nitrogens is 1. The van der Waals surface area contributed by atoms with Gasteiger partial charge in [-0.3, -0.25) is 9.59 Å². The number of carbonyl (C=O) groups excluding carboxylic acids is 2. The van der Waals surface area contributed by atoms with E-state index in [0.29, 0.717) is 17.8 Å². The number of hydrogen-bond donors (Lipinski definition) is 4. The number of nitrogen functional groups attached to an aromatic ring is 1. The lowest BCUT2D eigenvalue weighted by Crippen LogP contribution is -2.54. The molecule has 0 bridgehead atoms. The van der Waals surface area contributed by atoms with Crippen LogP contribution in [0.3, 0.4) is 0 Å². The third-order valence-corrected chi connectivity index (χ3v) is 5.25. The predicted molar refractivity (Wildman–Crippen MR) is 115 cm³/mol. The summed E-state index contributed by atoms with van der Waals surface area (Å²) in [6, 6.07) is 6.03. The van der Waals surface area contributed by atoms with Gasteiger partial charge in [-0.2, -0.15) is 13.2 Å². The van der Waals surface area contributed by atoms with Crippen molar-refractivity contribution >= 4 is 17.6 Å². The molecule has 0 aliphatic heterocycles. The summed E-state index contributed by atoms with van der Waals surface area (Å²) in [5, 5.41) is 5.15. The Morgan fingerprint density at radius 3 is 2.41 bits per heavy atom. The highest BCUT2D eigenvalue weighted by molar-refractivity contribution is 5.90. The van der Waals surface area contributed by atoms with E-state index in [2.05, 4.69) is 15.6 Å².